The van der Waals surface area contributed by atoms with E-state index < -0.39 is 5.41 Å². The summed E-state index contributed by atoms with van der Waals surface area (Å²) in [5, 5.41) is 0. The second kappa shape index (κ2) is 12.2. The van der Waals surface area contributed by atoms with Crippen LogP contribution in [-0.2, 0) is 27.4 Å². The number of rotatable bonds is 11. The van der Waals surface area contributed by atoms with Crippen LogP contribution in [0.2, 0.25) is 0 Å². The zero-order valence-corrected chi connectivity index (χ0v) is 22.6. The highest BCUT2D eigenvalue weighted by Gasteiger charge is 2.33. The number of hydrogen-bond acceptors (Lipinski definition) is 7. The van der Waals surface area contributed by atoms with Crippen molar-refractivity contribution in [3.05, 3.63) is 47.4 Å². The first-order valence-corrected chi connectivity index (χ1v) is 13.2. The number of aryl methyl sites for hydroxylation is 1. The van der Waals surface area contributed by atoms with Crippen LogP contribution in [0.4, 0.5) is 0 Å². The molecule has 202 valence electrons. The summed E-state index contributed by atoms with van der Waals surface area (Å²) in [7, 11) is 0. The maximum atomic E-state index is 13.7. The van der Waals surface area contributed by atoms with Gasteiger partial charge in [-0.2, -0.15) is 0 Å². The van der Waals surface area contributed by atoms with Gasteiger partial charge in [0, 0.05) is 38.6 Å². The Kier molecular flexibility index (Phi) is 9.00. The molecule has 0 aliphatic carbocycles. The van der Waals surface area contributed by atoms with E-state index in [2.05, 4.69) is 4.90 Å². The van der Waals surface area contributed by atoms with E-state index in [0.29, 0.717) is 50.1 Å². The van der Waals surface area contributed by atoms with E-state index in [0.717, 1.165) is 24.4 Å². The van der Waals surface area contributed by atoms with E-state index >= 15 is 0 Å². The summed E-state index contributed by atoms with van der Waals surface area (Å²) in [5.74, 6) is 2.65. The zero-order valence-electron chi connectivity index (χ0n) is 21.8. The Morgan fingerprint density at radius 3 is 2.49 bits per heavy atom. The number of hydrogen-bond donors (Lipinski definition) is 0. The van der Waals surface area contributed by atoms with Crippen molar-refractivity contribution in [3.63, 3.8) is 0 Å². The minimum atomic E-state index is -0.785. The van der Waals surface area contributed by atoms with Crippen LogP contribution in [0.5, 0.6) is 11.5 Å². The van der Waals surface area contributed by atoms with Crippen molar-refractivity contribution < 1.29 is 28.2 Å². The lowest BCUT2D eigenvalue weighted by molar-refractivity contribution is -0.146. The predicted octanol–water partition coefficient (Wildman–Crippen LogP) is 3.27. The molecule has 9 nitrogen and oxygen atoms in total. The molecule has 1 aromatic heterocycles. The van der Waals surface area contributed by atoms with Crippen molar-refractivity contribution in [3.8, 4) is 11.5 Å². The van der Waals surface area contributed by atoms with Crippen molar-refractivity contribution >= 4 is 23.4 Å². The molecular weight excluding hydrogens is 498 g/mol. The van der Waals surface area contributed by atoms with Gasteiger partial charge >= 0.3 is 0 Å². The minimum Gasteiger partial charge on any atom is -0.464 e. The van der Waals surface area contributed by atoms with Gasteiger partial charge in [0.05, 0.1) is 31.7 Å². The number of amides is 2. The molecule has 0 radical (unpaired) electrons. The Balaban J connectivity index is 1.52. The van der Waals surface area contributed by atoms with Gasteiger partial charge in [-0.05, 0) is 50.6 Å². The number of nitrogens with zero attached hydrogens (tertiary/aromatic N) is 3. The van der Waals surface area contributed by atoms with E-state index in [4.69, 9.17) is 30.2 Å². The normalized spacial score (nSPS) is 15.6. The molecule has 2 aliphatic heterocycles. The molecule has 2 aromatic rings. The van der Waals surface area contributed by atoms with Gasteiger partial charge < -0.3 is 28.4 Å². The monoisotopic (exact) mass is 533 g/mol. The third-order valence-corrected chi connectivity index (χ3v) is 7.29. The highest BCUT2D eigenvalue weighted by molar-refractivity contribution is 6.19. The Bertz CT molecular complexity index is 1080. The van der Waals surface area contributed by atoms with Crippen molar-refractivity contribution in [2.24, 2.45) is 5.41 Å². The number of carbonyl (C=O) groups is 2. The molecule has 0 bridgehead atoms. The minimum absolute atomic E-state index is 0.0479. The molecule has 2 aliphatic rings. The van der Waals surface area contributed by atoms with Crippen molar-refractivity contribution in [1.82, 2.24) is 14.7 Å². The largest absolute Gasteiger partial charge is 0.464 e. The molecule has 1 fully saturated rings. The van der Waals surface area contributed by atoms with E-state index in [1.165, 1.54) is 0 Å². The van der Waals surface area contributed by atoms with Gasteiger partial charge in [-0.1, -0.05) is 6.07 Å². The fourth-order valence-electron chi connectivity index (χ4n) is 4.34. The molecule has 4 rings (SSSR count). The topological polar surface area (TPSA) is 84.7 Å². The van der Waals surface area contributed by atoms with Crippen LogP contribution >= 0.6 is 11.6 Å². The fraction of sp³-hybridized carbons (Fsp3) is 0.556. The number of carbonyl (C=O) groups excluding carboxylic acids is 2. The molecular formula is C27H36ClN3O6. The number of furan rings is 1. The molecule has 0 spiro atoms. The zero-order chi connectivity index (χ0) is 26.4. The van der Waals surface area contributed by atoms with Gasteiger partial charge in [-0.15, -0.1) is 11.6 Å². The van der Waals surface area contributed by atoms with Crippen molar-refractivity contribution in [2.45, 2.75) is 33.9 Å². The van der Waals surface area contributed by atoms with E-state index in [9.17, 15) is 9.59 Å². The number of alkyl halides is 1. The lowest BCUT2D eigenvalue weighted by atomic mass is 9.94. The van der Waals surface area contributed by atoms with Crippen molar-refractivity contribution in [2.75, 3.05) is 58.6 Å². The summed E-state index contributed by atoms with van der Waals surface area (Å²) < 4.78 is 22.1. The second-order valence-electron chi connectivity index (χ2n) is 10.1. The summed E-state index contributed by atoms with van der Waals surface area (Å²) in [6.45, 7) is 10.3. The fourth-order valence-corrected chi connectivity index (χ4v) is 4.45. The molecule has 0 unspecified atom stereocenters. The molecule has 10 heteroatoms. The number of fused-ring (bicyclic) bond motifs is 1. The van der Waals surface area contributed by atoms with E-state index in [-0.39, 0.29) is 37.6 Å². The van der Waals surface area contributed by atoms with Gasteiger partial charge in [-0.25, -0.2) is 0 Å². The second-order valence-corrected chi connectivity index (χ2v) is 10.4. The molecule has 37 heavy (non-hydrogen) atoms. The maximum Gasteiger partial charge on any atom is 0.242 e. The van der Waals surface area contributed by atoms with Crippen molar-refractivity contribution in [1.29, 1.82) is 0 Å². The Labute approximate surface area is 223 Å². The third-order valence-electron chi connectivity index (χ3n) is 6.62. The van der Waals surface area contributed by atoms with Gasteiger partial charge in [0.2, 0.25) is 18.6 Å². The summed E-state index contributed by atoms with van der Waals surface area (Å²) in [5.41, 5.74) is 0.112. The molecule has 2 amide bonds. The predicted molar refractivity (Wildman–Crippen MR) is 139 cm³/mol. The van der Waals surface area contributed by atoms with Gasteiger partial charge in [-0.3, -0.25) is 14.5 Å². The average Bonchev–Trinajstić information content (AvgIpc) is 3.54. The number of morpholine rings is 1. The van der Waals surface area contributed by atoms with Crippen LogP contribution < -0.4 is 9.47 Å². The van der Waals surface area contributed by atoms with Crippen LogP contribution in [0.25, 0.3) is 0 Å². The Hall–Kier alpha value is -2.75. The number of ether oxygens (including phenoxy) is 3. The summed E-state index contributed by atoms with van der Waals surface area (Å²) in [6, 6.07) is 9.39. The van der Waals surface area contributed by atoms with E-state index in [1.807, 2.05) is 51.1 Å². The summed E-state index contributed by atoms with van der Waals surface area (Å²) in [6.07, 6.45) is 0. The average molecular weight is 534 g/mol. The summed E-state index contributed by atoms with van der Waals surface area (Å²) >= 11 is 6.14. The Morgan fingerprint density at radius 1 is 1.03 bits per heavy atom. The van der Waals surface area contributed by atoms with Crippen LogP contribution in [0.3, 0.4) is 0 Å². The highest BCUT2D eigenvalue weighted by atomic mass is 35.5. The first-order valence-electron chi connectivity index (χ1n) is 12.6. The quantitative estimate of drug-likeness (QED) is 0.410. The smallest absolute Gasteiger partial charge is 0.242 e. The molecule has 0 N–H and O–H groups in total. The van der Waals surface area contributed by atoms with E-state index in [1.54, 1.807) is 9.80 Å². The number of halogens is 1. The van der Waals surface area contributed by atoms with Crippen LogP contribution in [-0.4, -0.2) is 85.1 Å². The SMILES string of the molecule is Cc1ccc(CN(Cc2ccc3c(c2)OCO3)C(=O)CN(CCN2CCOCC2)C(=O)C(C)(C)CCl)o1. The standard InChI is InChI=1S/C27H36ClN3O6/c1-20-4-6-22(37-20)16-31(15-21-5-7-23-24(14-21)36-19-35-23)25(32)17-30(26(33)27(2,3)18-28)9-8-29-10-12-34-13-11-29/h4-7,14H,8-13,15-19H2,1-3H3. The molecule has 1 saturated heterocycles. The first-order chi connectivity index (χ1) is 17.7. The molecule has 3 heterocycles. The Morgan fingerprint density at radius 2 is 1.78 bits per heavy atom. The first kappa shape index (κ1) is 27.3. The van der Waals surface area contributed by atoms with Crippen LogP contribution in [0, 0.1) is 12.3 Å². The van der Waals surface area contributed by atoms with Gasteiger partial charge in [0.1, 0.15) is 11.5 Å². The third kappa shape index (κ3) is 7.18. The highest BCUT2D eigenvalue weighted by Crippen LogP contribution is 2.33. The van der Waals surface area contributed by atoms with Crippen LogP contribution in [0.15, 0.2) is 34.7 Å². The van der Waals surface area contributed by atoms with Gasteiger partial charge in [0.25, 0.3) is 0 Å². The van der Waals surface area contributed by atoms with Crippen LogP contribution in [0.1, 0.15) is 30.9 Å². The molecule has 0 atom stereocenters. The molecule has 0 saturated carbocycles. The number of benzene rings is 1. The molecule has 1 aromatic carbocycles. The van der Waals surface area contributed by atoms with Gasteiger partial charge in [0.15, 0.2) is 11.5 Å². The summed E-state index contributed by atoms with van der Waals surface area (Å²) in [4.78, 5) is 32.8. The maximum absolute atomic E-state index is 13.7. The lowest BCUT2D eigenvalue weighted by Gasteiger charge is -2.34. The lowest BCUT2D eigenvalue weighted by Crippen LogP contribution is -2.50.